The van der Waals surface area contributed by atoms with Crippen LogP contribution in [0.3, 0.4) is 0 Å². The van der Waals surface area contributed by atoms with E-state index in [0.29, 0.717) is 26.1 Å². The Morgan fingerprint density at radius 2 is 1.75 bits per heavy atom. The van der Waals surface area contributed by atoms with E-state index in [9.17, 15) is 9.59 Å². The van der Waals surface area contributed by atoms with Crippen molar-refractivity contribution in [3.63, 3.8) is 0 Å². The minimum atomic E-state index is -0.254. The summed E-state index contributed by atoms with van der Waals surface area (Å²) in [5, 5.41) is 3.27. The Morgan fingerprint density at radius 1 is 1.06 bits per heavy atom. The molecule has 2 atom stereocenters. The topological polar surface area (TPSA) is 71.5 Å². The van der Waals surface area contributed by atoms with Crippen molar-refractivity contribution in [3.8, 4) is 0 Å². The Morgan fingerprint density at radius 3 is 2.36 bits per heavy atom. The number of amides is 2. The smallest absolute Gasteiger partial charge is 0.226 e. The van der Waals surface area contributed by atoms with Gasteiger partial charge >= 0.3 is 0 Å². The highest BCUT2D eigenvalue weighted by Gasteiger charge is 2.69. The molecule has 1 N–H and O–H groups in total. The number of ether oxygens (including phenoxy) is 1. The lowest BCUT2D eigenvalue weighted by atomic mass is 9.71. The Kier molecular flexibility index (Phi) is 6.22. The number of fused-ring (bicyclic) bond motifs is 2. The van der Waals surface area contributed by atoms with Gasteiger partial charge in [0.25, 0.3) is 0 Å². The molecule has 0 unspecified atom stereocenters. The number of hydrogen-bond donors (Lipinski definition) is 1. The molecule has 2 aromatic rings. The van der Waals surface area contributed by atoms with Gasteiger partial charge in [-0.25, -0.2) is 0 Å². The van der Waals surface area contributed by atoms with E-state index in [-0.39, 0.29) is 46.1 Å². The molecule has 3 aliphatic rings. The lowest BCUT2D eigenvalue weighted by Gasteiger charge is -2.44. The zero-order valence-electron chi connectivity index (χ0n) is 22.2. The fraction of sp³-hybridized carbons (Fsp3) is 0.567. The Bertz CT molecular complexity index is 1120. The van der Waals surface area contributed by atoms with Crippen LogP contribution in [0, 0.1) is 16.7 Å². The van der Waals surface area contributed by atoms with Gasteiger partial charge in [0, 0.05) is 43.2 Å². The van der Waals surface area contributed by atoms with Crippen LogP contribution in [0.15, 0.2) is 48.8 Å². The molecule has 6 nitrogen and oxygen atoms in total. The summed E-state index contributed by atoms with van der Waals surface area (Å²) in [6.07, 6.45) is 5.44. The molecule has 2 amide bonds. The molecule has 1 aromatic heterocycles. The number of piperidine rings is 1. The van der Waals surface area contributed by atoms with E-state index in [1.54, 1.807) is 6.20 Å². The molecule has 36 heavy (non-hydrogen) atoms. The second-order valence-corrected chi connectivity index (χ2v) is 11.9. The molecule has 1 aliphatic heterocycles. The summed E-state index contributed by atoms with van der Waals surface area (Å²) in [6, 6.07) is 12.2. The van der Waals surface area contributed by atoms with Crippen LogP contribution < -0.4 is 5.32 Å². The monoisotopic (exact) mass is 489 g/mol. The van der Waals surface area contributed by atoms with E-state index < -0.39 is 0 Å². The lowest BCUT2D eigenvalue weighted by Crippen LogP contribution is -2.52. The SMILES string of the molecule is CCC(=O)N[C@@H]1c2ccccc2C2(CCN(C(=O)C3C(C)(C)C3(C)C)CC2)[C@H]1OCc1cccnc1. The van der Waals surface area contributed by atoms with Gasteiger partial charge in [0.05, 0.1) is 18.8 Å². The van der Waals surface area contributed by atoms with Crippen molar-refractivity contribution in [2.24, 2.45) is 16.7 Å². The van der Waals surface area contributed by atoms with Gasteiger partial charge in [-0.1, -0.05) is 65.0 Å². The summed E-state index contributed by atoms with van der Waals surface area (Å²) in [6.45, 7) is 12.5. The van der Waals surface area contributed by atoms with Crippen LogP contribution >= 0.6 is 0 Å². The van der Waals surface area contributed by atoms with Gasteiger partial charge in [-0.2, -0.15) is 0 Å². The van der Waals surface area contributed by atoms with Crippen LogP contribution in [0.1, 0.15) is 76.6 Å². The van der Waals surface area contributed by atoms with E-state index in [1.807, 2.05) is 31.3 Å². The average Bonchev–Trinajstić information content (AvgIpc) is 3.17. The van der Waals surface area contributed by atoms with Gasteiger partial charge < -0.3 is 15.0 Å². The fourth-order valence-electron chi connectivity index (χ4n) is 6.89. The number of hydrogen-bond acceptors (Lipinski definition) is 4. The molecule has 1 spiro atoms. The minimum absolute atomic E-state index is 0.0210. The van der Waals surface area contributed by atoms with Gasteiger partial charge in [0.2, 0.25) is 11.8 Å². The molecule has 1 saturated heterocycles. The number of carbonyl (C=O) groups excluding carboxylic acids is 2. The molecular formula is C30H39N3O3. The van der Waals surface area contributed by atoms with E-state index in [2.05, 4.69) is 61.1 Å². The van der Waals surface area contributed by atoms with E-state index in [1.165, 1.54) is 5.56 Å². The number of rotatable bonds is 6. The van der Waals surface area contributed by atoms with Crippen LogP contribution in [-0.2, 0) is 26.3 Å². The predicted molar refractivity (Wildman–Crippen MR) is 139 cm³/mol. The molecule has 2 fully saturated rings. The van der Waals surface area contributed by atoms with E-state index >= 15 is 0 Å². The van der Waals surface area contributed by atoms with Crippen molar-refractivity contribution in [1.82, 2.24) is 15.2 Å². The van der Waals surface area contributed by atoms with E-state index in [0.717, 1.165) is 24.0 Å². The first kappa shape index (κ1) is 24.9. The zero-order chi connectivity index (χ0) is 25.7. The van der Waals surface area contributed by atoms with Crippen LogP contribution in [0.5, 0.6) is 0 Å². The van der Waals surface area contributed by atoms with Crippen molar-refractivity contribution in [2.75, 3.05) is 13.1 Å². The third-order valence-corrected chi connectivity index (χ3v) is 9.70. The largest absolute Gasteiger partial charge is 0.370 e. The van der Waals surface area contributed by atoms with Gasteiger partial charge in [-0.05, 0) is 46.4 Å². The first-order chi connectivity index (χ1) is 17.1. The third kappa shape index (κ3) is 3.85. The molecule has 0 radical (unpaired) electrons. The standard InChI is InChI=1S/C30H39N3O3/c1-6-23(34)32-24-21-11-7-8-12-22(21)30(26(24)36-19-20-10-9-15-31-18-20)13-16-33(17-14-30)27(35)25-28(2,3)29(25,4)5/h7-12,15,18,24-26H,6,13-14,16-17,19H2,1-5H3,(H,32,34)/t24-,26+/m1/s1. The van der Waals surface area contributed by atoms with Crippen molar-refractivity contribution < 1.29 is 14.3 Å². The van der Waals surface area contributed by atoms with Gasteiger partial charge in [-0.3, -0.25) is 14.6 Å². The summed E-state index contributed by atoms with van der Waals surface area (Å²) in [4.78, 5) is 32.4. The minimum Gasteiger partial charge on any atom is -0.370 e. The number of carbonyl (C=O) groups is 2. The Balaban J connectivity index is 1.43. The van der Waals surface area contributed by atoms with E-state index in [4.69, 9.17) is 4.74 Å². The summed E-state index contributed by atoms with van der Waals surface area (Å²) >= 11 is 0. The molecule has 5 rings (SSSR count). The van der Waals surface area contributed by atoms with Crippen LogP contribution in [0.4, 0.5) is 0 Å². The Labute approximate surface area is 214 Å². The predicted octanol–water partition coefficient (Wildman–Crippen LogP) is 4.79. The molecule has 1 aromatic carbocycles. The lowest BCUT2D eigenvalue weighted by molar-refractivity contribution is -0.137. The maximum absolute atomic E-state index is 13.5. The fourth-order valence-corrected chi connectivity index (χ4v) is 6.89. The summed E-state index contributed by atoms with van der Waals surface area (Å²) in [7, 11) is 0. The quantitative estimate of drug-likeness (QED) is 0.633. The molecule has 2 aliphatic carbocycles. The van der Waals surface area contributed by atoms with Crippen LogP contribution in [-0.4, -0.2) is 40.9 Å². The average molecular weight is 490 g/mol. The first-order valence-corrected chi connectivity index (χ1v) is 13.3. The summed E-state index contributed by atoms with van der Waals surface area (Å²) < 4.78 is 6.69. The second-order valence-electron chi connectivity index (χ2n) is 11.9. The molecule has 2 heterocycles. The number of benzene rings is 1. The highest BCUT2D eigenvalue weighted by atomic mass is 16.5. The molecule has 6 heteroatoms. The molecule has 0 bridgehead atoms. The highest BCUT2D eigenvalue weighted by Crippen LogP contribution is 2.69. The van der Waals surface area contributed by atoms with Crippen molar-refractivity contribution in [2.45, 2.75) is 78.0 Å². The second kappa shape index (κ2) is 8.98. The van der Waals surface area contributed by atoms with Crippen LogP contribution in [0.2, 0.25) is 0 Å². The maximum atomic E-state index is 13.5. The Hall–Kier alpha value is -2.73. The number of pyridine rings is 1. The number of nitrogens with one attached hydrogen (secondary N) is 1. The number of nitrogens with zero attached hydrogens (tertiary/aromatic N) is 2. The number of aromatic nitrogens is 1. The van der Waals surface area contributed by atoms with Gasteiger partial charge in [-0.15, -0.1) is 0 Å². The first-order valence-electron chi connectivity index (χ1n) is 13.3. The van der Waals surface area contributed by atoms with Crippen molar-refractivity contribution >= 4 is 11.8 Å². The van der Waals surface area contributed by atoms with Gasteiger partial charge in [0.1, 0.15) is 0 Å². The van der Waals surface area contributed by atoms with Crippen molar-refractivity contribution in [3.05, 3.63) is 65.5 Å². The zero-order valence-corrected chi connectivity index (χ0v) is 22.2. The van der Waals surface area contributed by atoms with Gasteiger partial charge in [0.15, 0.2) is 0 Å². The summed E-state index contributed by atoms with van der Waals surface area (Å²) in [5.74, 6) is 0.381. The normalized spacial score (nSPS) is 25.4. The molecule has 192 valence electrons. The number of likely N-dealkylation sites (tertiary alicyclic amines) is 1. The maximum Gasteiger partial charge on any atom is 0.226 e. The summed E-state index contributed by atoms with van der Waals surface area (Å²) in [5.41, 5.74) is 3.21. The van der Waals surface area contributed by atoms with Crippen LogP contribution in [0.25, 0.3) is 0 Å². The highest BCUT2D eigenvalue weighted by molar-refractivity contribution is 5.84. The molecular weight excluding hydrogens is 450 g/mol. The molecule has 1 saturated carbocycles. The third-order valence-electron chi connectivity index (χ3n) is 9.70. The van der Waals surface area contributed by atoms with Crippen molar-refractivity contribution in [1.29, 1.82) is 0 Å².